The number of ether oxygens (including phenoxy) is 1. The number of rotatable bonds is 4. The zero-order valence-electron chi connectivity index (χ0n) is 13.8. The van der Waals surface area contributed by atoms with Crippen molar-refractivity contribution in [2.75, 3.05) is 5.32 Å². The van der Waals surface area contributed by atoms with Crippen molar-refractivity contribution in [3.05, 3.63) is 77.4 Å². The van der Waals surface area contributed by atoms with Crippen molar-refractivity contribution < 1.29 is 13.9 Å². The second kappa shape index (κ2) is 7.09. The molecular weight excluding hydrogens is 321 g/mol. The molecule has 0 spiro atoms. The molecule has 3 aromatic rings. The fourth-order valence-electron chi connectivity index (χ4n) is 2.29. The van der Waals surface area contributed by atoms with Gasteiger partial charge in [0.15, 0.2) is 0 Å². The van der Waals surface area contributed by atoms with E-state index in [0.29, 0.717) is 28.4 Å². The Bertz CT molecular complexity index is 873. The Morgan fingerprint density at radius 2 is 1.56 bits per heavy atom. The molecule has 0 saturated carbocycles. The third-order valence-corrected chi connectivity index (χ3v) is 3.55. The first-order valence-corrected chi connectivity index (χ1v) is 7.68. The summed E-state index contributed by atoms with van der Waals surface area (Å²) in [5, 5.41) is 2.76. The summed E-state index contributed by atoms with van der Waals surface area (Å²) in [6.45, 7) is 3.51. The SMILES string of the molecule is Cc1nc(Oc2ccccc2)nc(C)c1NC(=O)c1ccc(F)cc1. The quantitative estimate of drug-likeness (QED) is 0.772. The smallest absolute Gasteiger partial charge is 0.322 e. The minimum atomic E-state index is -0.394. The van der Waals surface area contributed by atoms with E-state index in [2.05, 4.69) is 15.3 Å². The van der Waals surface area contributed by atoms with Crippen LogP contribution in [-0.2, 0) is 0 Å². The third-order valence-electron chi connectivity index (χ3n) is 3.55. The van der Waals surface area contributed by atoms with Crippen LogP contribution in [0.2, 0.25) is 0 Å². The second-order valence-electron chi connectivity index (χ2n) is 5.43. The molecular formula is C19H16FN3O2. The van der Waals surface area contributed by atoms with E-state index in [4.69, 9.17) is 4.74 Å². The van der Waals surface area contributed by atoms with Crippen molar-refractivity contribution in [3.8, 4) is 11.8 Å². The number of nitrogens with zero attached hydrogens (tertiary/aromatic N) is 2. The summed E-state index contributed by atoms with van der Waals surface area (Å²) in [5.74, 6) is -0.120. The van der Waals surface area contributed by atoms with Crippen molar-refractivity contribution in [1.82, 2.24) is 9.97 Å². The Morgan fingerprint density at radius 3 is 2.16 bits per heavy atom. The fourth-order valence-corrected chi connectivity index (χ4v) is 2.29. The lowest BCUT2D eigenvalue weighted by Gasteiger charge is -2.12. The first kappa shape index (κ1) is 16.6. The number of nitrogens with one attached hydrogen (secondary N) is 1. The predicted octanol–water partition coefficient (Wildman–Crippen LogP) is 4.28. The fraction of sp³-hybridized carbons (Fsp3) is 0.105. The average Bonchev–Trinajstić information content (AvgIpc) is 2.59. The Labute approximate surface area is 144 Å². The van der Waals surface area contributed by atoms with Gasteiger partial charge in [-0.3, -0.25) is 4.79 Å². The van der Waals surface area contributed by atoms with E-state index in [9.17, 15) is 9.18 Å². The van der Waals surface area contributed by atoms with Gasteiger partial charge in [-0.05, 0) is 50.2 Å². The summed E-state index contributed by atoms with van der Waals surface area (Å²) < 4.78 is 18.6. The van der Waals surface area contributed by atoms with Gasteiger partial charge in [-0.25, -0.2) is 4.39 Å². The molecule has 0 saturated heterocycles. The van der Waals surface area contributed by atoms with Gasteiger partial charge in [-0.1, -0.05) is 18.2 Å². The van der Waals surface area contributed by atoms with Gasteiger partial charge >= 0.3 is 6.01 Å². The maximum absolute atomic E-state index is 13.0. The zero-order chi connectivity index (χ0) is 17.8. The van der Waals surface area contributed by atoms with E-state index in [0.717, 1.165) is 0 Å². The van der Waals surface area contributed by atoms with E-state index in [1.165, 1.54) is 24.3 Å². The molecule has 1 heterocycles. The van der Waals surface area contributed by atoms with Crippen LogP contribution in [0, 0.1) is 19.7 Å². The number of carbonyl (C=O) groups is 1. The third kappa shape index (κ3) is 3.98. The van der Waals surface area contributed by atoms with E-state index in [1.807, 2.05) is 18.2 Å². The number of para-hydroxylation sites is 1. The number of hydrogen-bond acceptors (Lipinski definition) is 4. The monoisotopic (exact) mass is 337 g/mol. The molecule has 2 aromatic carbocycles. The minimum Gasteiger partial charge on any atom is -0.424 e. The molecule has 0 bridgehead atoms. The van der Waals surface area contributed by atoms with Crippen LogP contribution >= 0.6 is 0 Å². The highest BCUT2D eigenvalue weighted by Crippen LogP contribution is 2.23. The number of hydrogen-bond donors (Lipinski definition) is 1. The molecule has 6 heteroatoms. The summed E-state index contributed by atoms with van der Waals surface area (Å²) in [4.78, 5) is 20.8. The average molecular weight is 337 g/mol. The number of aromatic nitrogens is 2. The van der Waals surface area contributed by atoms with Crippen molar-refractivity contribution in [2.24, 2.45) is 0 Å². The maximum atomic E-state index is 13.0. The molecule has 0 fully saturated rings. The van der Waals surface area contributed by atoms with Gasteiger partial charge in [-0.2, -0.15) is 9.97 Å². The Morgan fingerprint density at radius 1 is 0.960 bits per heavy atom. The standard InChI is InChI=1S/C19H16FN3O2/c1-12-17(23-18(24)14-8-10-15(20)11-9-14)13(2)22-19(21-12)25-16-6-4-3-5-7-16/h3-11H,1-2H3,(H,23,24). The second-order valence-corrected chi connectivity index (χ2v) is 5.43. The van der Waals surface area contributed by atoms with Crippen LogP contribution in [0.15, 0.2) is 54.6 Å². The van der Waals surface area contributed by atoms with Gasteiger partial charge in [0, 0.05) is 5.56 Å². The van der Waals surface area contributed by atoms with Gasteiger partial charge in [0.05, 0.1) is 17.1 Å². The summed E-state index contributed by atoms with van der Waals surface area (Å²) in [7, 11) is 0. The van der Waals surface area contributed by atoms with Crippen LogP contribution in [0.3, 0.4) is 0 Å². The molecule has 0 aliphatic rings. The van der Waals surface area contributed by atoms with Gasteiger partial charge in [0.25, 0.3) is 5.91 Å². The van der Waals surface area contributed by atoms with Gasteiger partial charge in [-0.15, -0.1) is 0 Å². The predicted molar refractivity (Wildman–Crippen MR) is 92.4 cm³/mol. The largest absolute Gasteiger partial charge is 0.424 e. The number of benzene rings is 2. The van der Waals surface area contributed by atoms with Gasteiger partial charge in [0.1, 0.15) is 11.6 Å². The maximum Gasteiger partial charge on any atom is 0.322 e. The summed E-state index contributed by atoms with van der Waals surface area (Å²) in [5.41, 5.74) is 2.02. The highest BCUT2D eigenvalue weighted by molar-refractivity contribution is 6.04. The normalized spacial score (nSPS) is 10.4. The highest BCUT2D eigenvalue weighted by Gasteiger charge is 2.14. The van der Waals surface area contributed by atoms with E-state index in [-0.39, 0.29) is 11.9 Å². The summed E-state index contributed by atoms with van der Waals surface area (Å²) >= 11 is 0. The lowest BCUT2D eigenvalue weighted by atomic mass is 10.2. The van der Waals surface area contributed by atoms with Gasteiger partial charge < -0.3 is 10.1 Å². The molecule has 1 N–H and O–H groups in total. The zero-order valence-corrected chi connectivity index (χ0v) is 13.8. The number of carbonyl (C=O) groups excluding carboxylic acids is 1. The molecule has 5 nitrogen and oxygen atoms in total. The highest BCUT2D eigenvalue weighted by atomic mass is 19.1. The van der Waals surface area contributed by atoms with Crippen molar-refractivity contribution in [1.29, 1.82) is 0 Å². The molecule has 0 atom stereocenters. The van der Waals surface area contributed by atoms with Crippen LogP contribution < -0.4 is 10.1 Å². The van der Waals surface area contributed by atoms with E-state index >= 15 is 0 Å². The lowest BCUT2D eigenvalue weighted by Crippen LogP contribution is -2.15. The number of aryl methyl sites for hydroxylation is 2. The molecule has 0 radical (unpaired) electrons. The van der Waals surface area contributed by atoms with Crippen LogP contribution in [0.1, 0.15) is 21.7 Å². The first-order valence-electron chi connectivity index (χ1n) is 7.68. The van der Waals surface area contributed by atoms with Crippen molar-refractivity contribution in [3.63, 3.8) is 0 Å². The first-order chi connectivity index (χ1) is 12.0. The Hall–Kier alpha value is -3.28. The van der Waals surface area contributed by atoms with Crippen LogP contribution in [-0.4, -0.2) is 15.9 Å². The number of amides is 1. The van der Waals surface area contributed by atoms with Crippen molar-refractivity contribution in [2.45, 2.75) is 13.8 Å². The molecule has 0 aliphatic heterocycles. The summed E-state index contributed by atoms with van der Waals surface area (Å²) in [6, 6.07) is 14.7. The number of anilines is 1. The van der Waals surface area contributed by atoms with Crippen molar-refractivity contribution >= 4 is 11.6 Å². The Kier molecular flexibility index (Phi) is 4.70. The van der Waals surface area contributed by atoms with Crippen LogP contribution in [0.5, 0.6) is 11.8 Å². The summed E-state index contributed by atoms with van der Waals surface area (Å²) in [6.07, 6.45) is 0. The Balaban J connectivity index is 1.80. The van der Waals surface area contributed by atoms with Crippen LogP contribution in [0.25, 0.3) is 0 Å². The molecule has 3 rings (SSSR count). The topological polar surface area (TPSA) is 64.1 Å². The van der Waals surface area contributed by atoms with Gasteiger partial charge in [0.2, 0.25) is 0 Å². The van der Waals surface area contributed by atoms with E-state index in [1.54, 1.807) is 26.0 Å². The number of halogens is 1. The molecule has 0 unspecified atom stereocenters. The van der Waals surface area contributed by atoms with E-state index < -0.39 is 5.82 Å². The molecule has 126 valence electrons. The van der Waals surface area contributed by atoms with Crippen LogP contribution in [0.4, 0.5) is 10.1 Å². The lowest BCUT2D eigenvalue weighted by molar-refractivity contribution is 0.102. The molecule has 1 amide bonds. The molecule has 25 heavy (non-hydrogen) atoms. The minimum absolute atomic E-state index is 0.209. The molecule has 1 aromatic heterocycles. The molecule has 0 aliphatic carbocycles.